The molecule has 0 spiro atoms. The molecule has 0 radical (unpaired) electrons. The SMILES string of the molecule is CCCn1c(=O)[nH]c(=O)c2c1nc(-c1cc(Br)ccc1OC)n2CCOC. The molecular weight excluding hydrogens is 416 g/mol. The van der Waals surface area contributed by atoms with Gasteiger partial charge in [-0.2, -0.15) is 0 Å². The van der Waals surface area contributed by atoms with Crippen molar-refractivity contribution < 1.29 is 9.47 Å². The molecule has 0 bridgehead atoms. The molecule has 0 aliphatic rings. The number of aromatic nitrogens is 4. The predicted molar refractivity (Wildman–Crippen MR) is 106 cm³/mol. The molecule has 0 aliphatic heterocycles. The lowest BCUT2D eigenvalue weighted by Crippen LogP contribution is -2.31. The first-order valence-corrected chi connectivity index (χ1v) is 9.37. The summed E-state index contributed by atoms with van der Waals surface area (Å²) in [6.07, 6.45) is 0.738. The Balaban J connectivity index is 2.40. The molecule has 8 nitrogen and oxygen atoms in total. The molecule has 3 aromatic rings. The Kier molecular flexibility index (Phi) is 5.81. The van der Waals surface area contributed by atoms with Crippen LogP contribution in [0.5, 0.6) is 5.75 Å². The monoisotopic (exact) mass is 436 g/mol. The zero-order chi connectivity index (χ0) is 19.6. The normalized spacial score (nSPS) is 11.3. The molecule has 0 atom stereocenters. The molecule has 0 fully saturated rings. The first-order valence-electron chi connectivity index (χ1n) is 8.58. The number of hydrogen-bond donors (Lipinski definition) is 1. The van der Waals surface area contributed by atoms with Gasteiger partial charge < -0.3 is 14.0 Å². The molecule has 0 saturated heterocycles. The van der Waals surface area contributed by atoms with Crippen LogP contribution in [-0.4, -0.2) is 39.9 Å². The number of hydrogen-bond acceptors (Lipinski definition) is 5. The molecular formula is C18H21BrN4O4. The molecule has 9 heteroatoms. The highest BCUT2D eigenvalue weighted by atomic mass is 79.9. The van der Waals surface area contributed by atoms with Crippen molar-refractivity contribution in [3.8, 4) is 17.1 Å². The Morgan fingerprint density at radius 1 is 1.19 bits per heavy atom. The van der Waals surface area contributed by atoms with Gasteiger partial charge in [0.25, 0.3) is 5.56 Å². The quantitative estimate of drug-likeness (QED) is 0.613. The minimum atomic E-state index is -0.467. The van der Waals surface area contributed by atoms with Crippen molar-refractivity contribution in [2.75, 3.05) is 20.8 Å². The third-order valence-corrected chi connectivity index (χ3v) is 4.75. The van der Waals surface area contributed by atoms with Crippen LogP contribution in [0.25, 0.3) is 22.6 Å². The molecule has 2 aromatic heterocycles. The largest absolute Gasteiger partial charge is 0.496 e. The molecule has 0 aliphatic carbocycles. The van der Waals surface area contributed by atoms with E-state index in [0.717, 1.165) is 10.9 Å². The summed E-state index contributed by atoms with van der Waals surface area (Å²) in [6, 6.07) is 5.56. The summed E-state index contributed by atoms with van der Waals surface area (Å²) in [5, 5.41) is 0. The molecule has 144 valence electrons. The third-order valence-electron chi connectivity index (χ3n) is 4.25. The van der Waals surface area contributed by atoms with E-state index in [4.69, 9.17) is 9.47 Å². The van der Waals surface area contributed by atoms with Gasteiger partial charge in [0.1, 0.15) is 11.6 Å². The van der Waals surface area contributed by atoms with Crippen LogP contribution in [0, 0.1) is 0 Å². The van der Waals surface area contributed by atoms with Crippen molar-refractivity contribution in [1.82, 2.24) is 19.1 Å². The van der Waals surface area contributed by atoms with E-state index in [2.05, 4.69) is 25.9 Å². The van der Waals surface area contributed by atoms with Gasteiger partial charge in [-0.05, 0) is 24.6 Å². The number of methoxy groups -OCH3 is 2. The Hall–Kier alpha value is -2.39. The molecule has 2 heterocycles. The Morgan fingerprint density at radius 3 is 2.63 bits per heavy atom. The summed E-state index contributed by atoms with van der Waals surface area (Å²) < 4.78 is 14.8. The number of aromatic amines is 1. The van der Waals surface area contributed by atoms with E-state index in [0.29, 0.717) is 48.0 Å². The number of nitrogens with one attached hydrogen (secondary N) is 1. The van der Waals surface area contributed by atoms with E-state index < -0.39 is 11.2 Å². The number of fused-ring (bicyclic) bond motifs is 1. The van der Waals surface area contributed by atoms with Crippen molar-refractivity contribution in [2.24, 2.45) is 0 Å². The second-order valence-electron chi connectivity index (χ2n) is 6.01. The maximum absolute atomic E-state index is 12.6. The fourth-order valence-corrected chi connectivity index (χ4v) is 3.43. The van der Waals surface area contributed by atoms with Crippen LogP contribution in [0.15, 0.2) is 32.3 Å². The van der Waals surface area contributed by atoms with Gasteiger partial charge in [0.05, 0.1) is 19.3 Å². The number of aryl methyl sites for hydroxylation is 1. The average molecular weight is 437 g/mol. The van der Waals surface area contributed by atoms with E-state index in [1.165, 1.54) is 4.57 Å². The van der Waals surface area contributed by atoms with Crippen LogP contribution < -0.4 is 16.0 Å². The van der Waals surface area contributed by atoms with Gasteiger partial charge in [0.15, 0.2) is 11.2 Å². The lowest BCUT2D eigenvalue weighted by atomic mass is 10.2. The zero-order valence-electron chi connectivity index (χ0n) is 15.4. The third kappa shape index (κ3) is 3.57. The minimum Gasteiger partial charge on any atom is -0.496 e. The Labute approximate surface area is 163 Å². The highest BCUT2D eigenvalue weighted by Crippen LogP contribution is 2.33. The zero-order valence-corrected chi connectivity index (χ0v) is 17.0. The Morgan fingerprint density at radius 2 is 1.96 bits per heavy atom. The van der Waals surface area contributed by atoms with E-state index in [1.807, 2.05) is 25.1 Å². The van der Waals surface area contributed by atoms with Crippen LogP contribution in [0.1, 0.15) is 13.3 Å². The predicted octanol–water partition coefficient (Wildman–Crippen LogP) is 2.38. The van der Waals surface area contributed by atoms with Crippen molar-refractivity contribution in [2.45, 2.75) is 26.4 Å². The molecule has 0 unspecified atom stereocenters. The number of H-pyrrole nitrogens is 1. The molecule has 1 N–H and O–H groups in total. The van der Waals surface area contributed by atoms with E-state index in [-0.39, 0.29) is 0 Å². The van der Waals surface area contributed by atoms with Crippen molar-refractivity contribution in [3.63, 3.8) is 0 Å². The summed E-state index contributed by atoms with van der Waals surface area (Å²) >= 11 is 3.47. The summed E-state index contributed by atoms with van der Waals surface area (Å²) in [5.41, 5.74) is 0.495. The van der Waals surface area contributed by atoms with Gasteiger partial charge in [0.2, 0.25) is 0 Å². The summed E-state index contributed by atoms with van der Waals surface area (Å²) in [4.78, 5) is 32.0. The first-order chi connectivity index (χ1) is 13.0. The topological polar surface area (TPSA) is 91.1 Å². The van der Waals surface area contributed by atoms with Crippen molar-refractivity contribution in [1.29, 1.82) is 0 Å². The Bertz CT molecular complexity index is 1080. The average Bonchev–Trinajstić information content (AvgIpc) is 3.03. The second kappa shape index (κ2) is 8.10. The van der Waals surface area contributed by atoms with Crippen molar-refractivity contribution >= 4 is 27.1 Å². The summed E-state index contributed by atoms with van der Waals surface area (Å²) in [5.74, 6) is 1.16. The molecule has 3 rings (SSSR count). The van der Waals surface area contributed by atoms with Gasteiger partial charge >= 0.3 is 5.69 Å². The summed E-state index contributed by atoms with van der Waals surface area (Å²) in [6.45, 7) is 3.22. The number of halogens is 1. The van der Waals surface area contributed by atoms with Gasteiger partial charge in [0, 0.05) is 24.7 Å². The molecule has 0 saturated carbocycles. The second-order valence-corrected chi connectivity index (χ2v) is 6.92. The summed E-state index contributed by atoms with van der Waals surface area (Å²) in [7, 11) is 3.17. The fraction of sp³-hybridized carbons (Fsp3) is 0.389. The standard InChI is InChI=1S/C18H21BrN4O4/c1-4-7-23-16-14(17(24)21-18(23)25)22(8-9-26-2)15(20-16)12-10-11(19)5-6-13(12)27-3/h5-6,10H,4,7-9H2,1-3H3,(H,21,24,25). The molecule has 0 amide bonds. The molecule has 1 aromatic carbocycles. The van der Waals surface area contributed by atoms with Gasteiger partial charge in [-0.3, -0.25) is 14.3 Å². The highest BCUT2D eigenvalue weighted by Gasteiger charge is 2.21. The number of benzene rings is 1. The van der Waals surface area contributed by atoms with Crippen molar-refractivity contribution in [3.05, 3.63) is 43.5 Å². The lowest BCUT2D eigenvalue weighted by molar-refractivity contribution is 0.188. The van der Waals surface area contributed by atoms with Gasteiger partial charge in [-0.1, -0.05) is 22.9 Å². The maximum atomic E-state index is 12.6. The smallest absolute Gasteiger partial charge is 0.330 e. The van der Waals surface area contributed by atoms with Crippen LogP contribution in [0.2, 0.25) is 0 Å². The highest BCUT2D eigenvalue weighted by molar-refractivity contribution is 9.10. The van der Waals surface area contributed by atoms with Crippen LogP contribution in [-0.2, 0) is 17.8 Å². The number of rotatable bonds is 7. The van der Waals surface area contributed by atoms with E-state index in [9.17, 15) is 9.59 Å². The van der Waals surface area contributed by atoms with Crippen LogP contribution in [0.4, 0.5) is 0 Å². The number of ether oxygens (including phenoxy) is 2. The fourth-order valence-electron chi connectivity index (χ4n) is 3.06. The maximum Gasteiger partial charge on any atom is 0.330 e. The van der Waals surface area contributed by atoms with Gasteiger partial charge in [-0.15, -0.1) is 0 Å². The van der Waals surface area contributed by atoms with Gasteiger partial charge in [-0.25, -0.2) is 9.78 Å². The number of nitrogens with zero attached hydrogens (tertiary/aromatic N) is 3. The molecule has 27 heavy (non-hydrogen) atoms. The van der Waals surface area contributed by atoms with Crippen LogP contribution in [0.3, 0.4) is 0 Å². The first kappa shape index (κ1) is 19.4. The minimum absolute atomic E-state index is 0.345. The lowest BCUT2D eigenvalue weighted by Gasteiger charge is -2.11. The van der Waals surface area contributed by atoms with Crippen LogP contribution >= 0.6 is 15.9 Å². The van der Waals surface area contributed by atoms with E-state index >= 15 is 0 Å². The number of imidazole rings is 1. The van der Waals surface area contributed by atoms with E-state index in [1.54, 1.807) is 18.8 Å².